The fourth-order valence-electron chi connectivity index (χ4n) is 0.868. The number of aryl methyl sites for hydroxylation is 1. The summed E-state index contributed by atoms with van der Waals surface area (Å²) in [4.78, 5) is 0. The van der Waals surface area contributed by atoms with Crippen molar-refractivity contribution in [2.24, 2.45) is 0 Å². The van der Waals surface area contributed by atoms with Gasteiger partial charge in [0.15, 0.2) is 5.82 Å². The molecule has 1 rings (SSSR count). The Morgan fingerprint density at radius 1 is 1.77 bits per heavy atom. The second-order valence-electron chi connectivity index (χ2n) is 3.16. The van der Waals surface area contributed by atoms with E-state index in [2.05, 4.69) is 11.7 Å². The summed E-state index contributed by atoms with van der Waals surface area (Å²) in [6.45, 7) is 9.21. The molecule has 0 amide bonds. The second-order valence-corrected chi connectivity index (χ2v) is 3.16. The normalized spacial score (nSPS) is 12.6. The van der Waals surface area contributed by atoms with Crippen LogP contribution in [0.3, 0.4) is 0 Å². The third-order valence-electron chi connectivity index (χ3n) is 1.93. The Balaban J connectivity index is 2.78. The fourth-order valence-corrected chi connectivity index (χ4v) is 0.868. The highest BCUT2D eigenvalue weighted by molar-refractivity contribution is 5.37. The third kappa shape index (κ3) is 2.09. The molecule has 1 atom stereocenters. The molecule has 0 aromatic carbocycles. The zero-order valence-electron chi connectivity index (χ0n) is 8.11. The molecular weight excluding hydrogens is 168 g/mol. The highest BCUT2D eigenvalue weighted by Gasteiger charge is 2.15. The summed E-state index contributed by atoms with van der Waals surface area (Å²) in [5.41, 5.74) is 0.864. The van der Waals surface area contributed by atoms with Crippen LogP contribution in [0.5, 0.6) is 0 Å². The highest BCUT2D eigenvalue weighted by atomic mass is 16.5. The first-order chi connectivity index (χ1) is 6.02. The van der Waals surface area contributed by atoms with E-state index < -0.39 is 0 Å². The summed E-state index contributed by atoms with van der Waals surface area (Å²) in [5.74, 6) is 1.08. The van der Waals surface area contributed by atoms with Gasteiger partial charge in [0.05, 0.1) is 6.04 Å². The highest BCUT2D eigenvalue weighted by Crippen LogP contribution is 2.17. The van der Waals surface area contributed by atoms with E-state index in [0.29, 0.717) is 11.6 Å². The molecule has 0 bridgehead atoms. The molecule has 0 aliphatic carbocycles. The molecule has 0 fully saturated rings. The molecule has 0 aliphatic rings. The van der Waals surface area contributed by atoms with Crippen LogP contribution in [0.2, 0.25) is 0 Å². The molecule has 1 heterocycles. The predicted octanol–water partition coefficient (Wildman–Crippen LogP) is 2.14. The Hall–Kier alpha value is -1.29. The number of hydroxylamine groups is 1. The lowest BCUT2D eigenvalue weighted by Crippen LogP contribution is -2.30. The monoisotopic (exact) mass is 182 g/mol. The molecule has 1 aromatic rings. The van der Waals surface area contributed by atoms with Gasteiger partial charge in [0, 0.05) is 6.07 Å². The maximum absolute atomic E-state index is 9.62. The van der Waals surface area contributed by atoms with Crippen molar-refractivity contribution in [1.29, 1.82) is 0 Å². The van der Waals surface area contributed by atoms with Crippen LogP contribution in [0, 0.1) is 6.92 Å². The van der Waals surface area contributed by atoms with Gasteiger partial charge in [-0.15, -0.1) is 0 Å². The van der Waals surface area contributed by atoms with E-state index in [1.165, 1.54) is 0 Å². The van der Waals surface area contributed by atoms with Crippen LogP contribution in [0.15, 0.2) is 22.7 Å². The van der Waals surface area contributed by atoms with Crippen molar-refractivity contribution in [3.05, 3.63) is 24.0 Å². The van der Waals surface area contributed by atoms with Crippen molar-refractivity contribution in [1.82, 2.24) is 5.16 Å². The van der Waals surface area contributed by atoms with Crippen LogP contribution in [0.25, 0.3) is 0 Å². The van der Waals surface area contributed by atoms with E-state index in [9.17, 15) is 5.21 Å². The maximum Gasteiger partial charge on any atom is 0.196 e. The van der Waals surface area contributed by atoms with Gasteiger partial charge in [-0.2, -0.15) is 0 Å². The van der Waals surface area contributed by atoms with Crippen molar-refractivity contribution in [2.75, 3.05) is 5.06 Å². The lowest BCUT2D eigenvalue weighted by Gasteiger charge is -2.21. The van der Waals surface area contributed by atoms with E-state index >= 15 is 0 Å². The largest absolute Gasteiger partial charge is 0.359 e. The lowest BCUT2D eigenvalue weighted by molar-refractivity contribution is 0.226. The summed E-state index contributed by atoms with van der Waals surface area (Å²) in [5, 5.41) is 14.3. The topological polar surface area (TPSA) is 49.5 Å². The number of rotatable bonds is 3. The molecule has 4 nitrogen and oxygen atoms in total. The average molecular weight is 182 g/mol. The molecule has 13 heavy (non-hydrogen) atoms. The van der Waals surface area contributed by atoms with Gasteiger partial charge in [-0.05, 0) is 20.8 Å². The summed E-state index contributed by atoms with van der Waals surface area (Å²) >= 11 is 0. The minimum absolute atomic E-state index is 0.163. The Morgan fingerprint density at radius 2 is 2.38 bits per heavy atom. The van der Waals surface area contributed by atoms with Gasteiger partial charge in [0.2, 0.25) is 0 Å². The Kier molecular flexibility index (Phi) is 2.72. The predicted molar refractivity (Wildman–Crippen MR) is 49.8 cm³/mol. The van der Waals surface area contributed by atoms with Gasteiger partial charge >= 0.3 is 0 Å². The molecular formula is C9H14N2O2. The molecule has 4 heteroatoms. The first kappa shape index (κ1) is 9.80. The zero-order chi connectivity index (χ0) is 10.0. The second kappa shape index (κ2) is 3.62. The summed E-state index contributed by atoms with van der Waals surface area (Å²) in [7, 11) is 0. The van der Waals surface area contributed by atoms with Crippen molar-refractivity contribution >= 4 is 5.82 Å². The van der Waals surface area contributed by atoms with Crippen LogP contribution in [-0.2, 0) is 0 Å². The molecule has 1 N–H and O–H groups in total. The summed E-state index contributed by atoms with van der Waals surface area (Å²) < 4.78 is 4.83. The van der Waals surface area contributed by atoms with E-state index in [-0.39, 0.29) is 6.04 Å². The molecule has 0 spiro atoms. The number of nitrogens with zero attached hydrogens (tertiary/aromatic N) is 2. The van der Waals surface area contributed by atoms with E-state index in [0.717, 1.165) is 10.6 Å². The van der Waals surface area contributed by atoms with Crippen LogP contribution >= 0.6 is 0 Å². The Bertz CT molecular complexity index is 306. The number of hydrogen-bond donors (Lipinski definition) is 1. The molecule has 0 saturated carbocycles. The van der Waals surface area contributed by atoms with Gasteiger partial charge in [-0.25, -0.2) is 5.06 Å². The molecule has 72 valence electrons. The minimum Gasteiger partial charge on any atom is -0.359 e. The first-order valence-corrected chi connectivity index (χ1v) is 4.09. The van der Waals surface area contributed by atoms with Gasteiger partial charge in [-0.3, -0.25) is 5.21 Å². The smallest absolute Gasteiger partial charge is 0.196 e. The first-order valence-electron chi connectivity index (χ1n) is 4.09. The molecule has 0 aliphatic heterocycles. The van der Waals surface area contributed by atoms with Gasteiger partial charge in [-0.1, -0.05) is 17.3 Å². The lowest BCUT2D eigenvalue weighted by atomic mass is 10.2. The number of hydrogen-bond acceptors (Lipinski definition) is 4. The van der Waals surface area contributed by atoms with Crippen molar-refractivity contribution in [3.63, 3.8) is 0 Å². The van der Waals surface area contributed by atoms with Gasteiger partial charge < -0.3 is 4.52 Å². The standard InChI is InChI=1S/C9H14N2O2/c1-6(2)8(4)11(12)9-5-7(3)13-10-9/h5,8,12H,1H2,2-4H3. The van der Waals surface area contributed by atoms with E-state index in [1.54, 1.807) is 13.0 Å². The Labute approximate surface area is 77.4 Å². The number of anilines is 1. The van der Waals surface area contributed by atoms with E-state index in [1.807, 2.05) is 13.8 Å². The summed E-state index contributed by atoms with van der Waals surface area (Å²) in [6.07, 6.45) is 0. The zero-order valence-corrected chi connectivity index (χ0v) is 8.11. The molecule has 1 aromatic heterocycles. The average Bonchev–Trinajstić information content (AvgIpc) is 2.49. The SMILES string of the molecule is C=C(C)C(C)N(O)c1cc(C)on1. The molecule has 0 saturated heterocycles. The quantitative estimate of drug-likeness (QED) is 0.574. The summed E-state index contributed by atoms with van der Waals surface area (Å²) in [6, 6.07) is 1.50. The molecule has 0 radical (unpaired) electrons. The molecule has 1 unspecified atom stereocenters. The minimum atomic E-state index is -0.163. The van der Waals surface area contributed by atoms with Gasteiger partial charge in [0.1, 0.15) is 5.76 Å². The van der Waals surface area contributed by atoms with Crippen LogP contribution < -0.4 is 5.06 Å². The van der Waals surface area contributed by atoms with Gasteiger partial charge in [0.25, 0.3) is 0 Å². The Morgan fingerprint density at radius 3 is 2.77 bits per heavy atom. The van der Waals surface area contributed by atoms with E-state index in [4.69, 9.17) is 4.52 Å². The van der Waals surface area contributed by atoms with Crippen molar-refractivity contribution in [2.45, 2.75) is 26.8 Å². The van der Waals surface area contributed by atoms with Crippen molar-refractivity contribution in [3.8, 4) is 0 Å². The van der Waals surface area contributed by atoms with Crippen LogP contribution in [0.1, 0.15) is 19.6 Å². The third-order valence-corrected chi connectivity index (χ3v) is 1.93. The fraction of sp³-hybridized carbons (Fsp3) is 0.444. The number of aromatic nitrogens is 1. The van der Waals surface area contributed by atoms with Crippen LogP contribution in [0.4, 0.5) is 5.82 Å². The van der Waals surface area contributed by atoms with Crippen LogP contribution in [-0.4, -0.2) is 16.4 Å². The maximum atomic E-state index is 9.62. The van der Waals surface area contributed by atoms with Crippen molar-refractivity contribution < 1.29 is 9.73 Å².